The van der Waals surface area contributed by atoms with Crippen LogP contribution in [0.5, 0.6) is 0 Å². The van der Waals surface area contributed by atoms with E-state index >= 15 is 0 Å². The molecule has 1 aromatic carbocycles. The van der Waals surface area contributed by atoms with Crippen molar-refractivity contribution in [2.75, 3.05) is 0 Å². The van der Waals surface area contributed by atoms with Crippen molar-refractivity contribution in [3.63, 3.8) is 0 Å². The Morgan fingerprint density at radius 2 is 1.65 bits per heavy atom. The smallest absolute Gasteiger partial charge is 0.214 e. The van der Waals surface area contributed by atoms with Crippen molar-refractivity contribution in [3.8, 4) is 0 Å². The van der Waals surface area contributed by atoms with E-state index in [4.69, 9.17) is 0 Å². The summed E-state index contributed by atoms with van der Waals surface area (Å²) in [5, 5.41) is 0. The Balaban J connectivity index is 2.12. The summed E-state index contributed by atoms with van der Waals surface area (Å²) < 4.78 is 1.71. The Labute approximate surface area is 114 Å². The first-order valence-corrected chi connectivity index (χ1v) is 6.34. The molecule has 96 valence electrons. The largest absolute Gasteiger partial charge is 0.296 e. The van der Waals surface area contributed by atoms with Crippen molar-refractivity contribution in [1.29, 1.82) is 0 Å². The zero-order valence-corrected chi connectivity index (χ0v) is 10.8. The molecule has 1 aliphatic rings. The van der Waals surface area contributed by atoms with Crippen molar-refractivity contribution in [2.45, 2.75) is 6.92 Å². The summed E-state index contributed by atoms with van der Waals surface area (Å²) in [7, 11) is 0. The maximum Gasteiger partial charge on any atom is 0.214 e. The van der Waals surface area contributed by atoms with Crippen LogP contribution in [-0.2, 0) is 0 Å². The lowest BCUT2D eigenvalue weighted by Gasteiger charge is -2.13. The number of carbonyl (C=O) groups excluding carboxylic acids is 2. The molecule has 4 heteroatoms. The fourth-order valence-corrected chi connectivity index (χ4v) is 2.66. The van der Waals surface area contributed by atoms with Gasteiger partial charge in [-0.3, -0.25) is 14.0 Å². The fraction of sp³-hybridized carbons (Fsp3) is 0.0625. The van der Waals surface area contributed by atoms with Crippen molar-refractivity contribution in [1.82, 2.24) is 9.38 Å². The summed E-state index contributed by atoms with van der Waals surface area (Å²) in [6.45, 7) is 1.94. The highest BCUT2D eigenvalue weighted by atomic mass is 16.1. The van der Waals surface area contributed by atoms with Crippen LogP contribution in [-0.4, -0.2) is 21.0 Å². The van der Waals surface area contributed by atoms with Crippen molar-refractivity contribution in [3.05, 3.63) is 70.7 Å². The van der Waals surface area contributed by atoms with E-state index in [-0.39, 0.29) is 17.3 Å². The van der Waals surface area contributed by atoms with Crippen molar-refractivity contribution >= 4 is 17.2 Å². The van der Waals surface area contributed by atoms with Crippen LogP contribution < -0.4 is 0 Å². The summed E-state index contributed by atoms with van der Waals surface area (Å²) in [6.07, 6.45) is 1.83. The van der Waals surface area contributed by atoms with Crippen molar-refractivity contribution < 1.29 is 9.59 Å². The summed E-state index contributed by atoms with van der Waals surface area (Å²) >= 11 is 0. The molecule has 2 heterocycles. The van der Waals surface area contributed by atoms with E-state index in [2.05, 4.69) is 4.98 Å². The number of fused-ring (bicyclic) bond motifs is 4. The molecule has 0 fully saturated rings. The Hall–Kier alpha value is -2.75. The molecular formula is C16H10N2O2. The first-order valence-electron chi connectivity index (χ1n) is 6.34. The van der Waals surface area contributed by atoms with Gasteiger partial charge in [0.15, 0.2) is 0 Å². The quantitative estimate of drug-likeness (QED) is 0.489. The summed E-state index contributed by atoms with van der Waals surface area (Å²) in [5.74, 6) is -0.329. The average Bonchev–Trinajstić information content (AvgIpc) is 2.84. The number of rotatable bonds is 0. The number of aryl methyl sites for hydroxylation is 1. The van der Waals surface area contributed by atoms with E-state index in [9.17, 15) is 9.59 Å². The Morgan fingerprint density at radius 3 is 2.40 bits per heavy atom. The number of nitrogens with zero attached hydrogens (tertiary/aromatic N) is 2. The van der Waals surface area contributed by atoms with Gasteiger partial charge in [0.25, 0.3) is 0 Å². The molecule has 20 heavy (non-hydrogen) atoms. The molecule has 0 saturated heterocycles. The van der Waals surface area contributed by atoms with Crippen LogP contribution >= 0.6 is 0 Å². The lowest BCUT2D eigenvalue weighted by Crippen LogP contribution is -2.21. The lowest BCUT2D eigenvalue weighted by atomic mass is 9.90. The molecule has 1 aliphatic carbocycles. The molecular weight excluding hydrogens is 252 g/mol. The second-order valence-corrected chi connectivity index (χ2v) is 4.95. The van der Waals surface area contributed by atoms with Crippen LogP contribution in [0.3, 0.4) is 0 Å². The molecule has 0 saturated carbocycles. The van der Waals surface area contributed by atoms with Crippen LogP contribution in [0.1, 0.15) is 37.7 Å². The third-order valence-electron chi connectivity index (χ3n) is 3.61. The average molecular weight is 262 g/mol. The first-order chi connectivity index (χ1) is 9.66. The molecule has 2 aromatic heterocycles. The predicted octanol–water partition coefficient (Wildman–Crippen LogP) is 2.42. The zero-order valence-electron chi connectivity index (χ0n) is 10.8. The van der Waals surface area contributed by atoms with Gasteiger partial charge in [-0.15, -0.1) is 0 Å². The van der Waals surface area contributed by atoms with Gasteiger partial charge in [0.2, 0.25) is 11.6 Å². The number of hydrogen-bond acceptors (Lipinski definition) is 3. The van der Waals surface area contributed by atoms with Crippen LogP contribution in [0.4, 0.5) is 0 Å². The number of pyridine rings is 1. The van der Waals surface area contributed by atoms with Crippen LogP contribution in [0.15, 0.2) is 42.6 Å². The highest BCUT2D eigenvalue weighted by Gasteiger charge is 2.33. The molecule has 0 unspecified atom stereocenters. The van der Waals surface area contributed by atoms with E-state index in [1.54, 1.807) is 28.7 Å². The number of carbonyl (C=O) groups is 2. The molecule has 0 atom stereocenters. The lowest BCUT2D eigenvalue weighted by molar-refractivity contribution is 0.0973. The molecule has 0 N–H and O–H groups in total. The monoisotopic (exact) mass is 262 g/mol. The fourth-order valence-electron chi connectivity index (χ4n) is 2.66. The minimum Gasteiger partial charge on any atom is -0.296 e. The highest BCUT2D eigenvalue weighted by molar-refractivity contribution is 6.27. The third-order valence-corrected chi connectivity index (χ3v) is 3.61. The number of hydrogen-bond donors (Lipinski definition) is 0. The second-order valence-electron chi connectivity index (χ2n) is 4.95. The number of benzene rings is 1. The maximum absolute atomic E-state index is 12.6. The van der Waals surface area contributed by atoms with Gasteiger partial charge in [0, 0.05) is 17.3 Å². The van der Waals surface area contributed by atoms with Gasteiger partial charge in [-0.05, 0) is 18.6 Å². The minimum atomic E-state index is -0.184. The molecule has 0 bridgehead atoms. The standard InChI is InChI=1S/C16H10N2O2/c1-9-6-7-12-17-13-14(18(12)8-9)16(20)11-5-3-2-4-10(11)15(13)19/h2-8H,1H3. The van der Waals surface area contributed by atoms with Crippen molar-refractivity contribution in [2.24, 2.45) is 0 Å². The van der Waals surface area contributed by atoms with E-state index < -0.39 is 0 Å². The summed E-state index contributed by atoms with van der Waals surface area (Å²) in [6, 6.07) is 10.6. The Kier molecular flexibility index (Phi) is 2.02. The molecule has 3 aromatic rings. The summed E-state index contributed by atoms with van der Waals surface area (Å²) in [4.78, 5) is 29.4. The van der Waals surface area contributed by atoms with Gasteiger partial charge in [-0.1, -0.05) is 30.3 Å². The third kappa shape index (κ3) is 1.28. The predicted molar refractivity (Wildman–Crippen MR) is 73.2 cm³/mol. The van der Waals surface area contributed by atoms with Crippen LogP contribution in [0, 0.1) is 6.92 Å². The normalized spacial score (nSPS) is 13.4. The van der Waals surface area contributed by atoms with Gasteiger partial charge in [-0.2, -0.15) is 0 Å². The first kappa shape index (κ1) is 11.1. The Morgan fingerprint density at radius 1 is 0.950 bits per heavy atom. The van der Waals surface area contributed by atoms with Crippen LogP contribution in [0.25, 0.3) is 5.65 Å². The zero-order chi connectivity index (χ0) is 13.9. The molecule has 0 amide bonds. The second kappa shape index (κ2) is 3.63. The topological polar surface area (TPSA) is 51.4 Å². The molecule has 4 nitrogen and oxygen atoms in total. The molecule has 0 aliphatic heterocycles. The van der Waals surface area contributed by atoms with E-state index in [1.807, 2.05) is 25.3 Å². The highest BCUT2D eigenvalue weighted by Crippen LogP contribution is 2.27. The summed E-state index contributed by atoms with van der Waals surface area (Å²) in [5.41, 5.74) is 3.14. The minimum absolute atomic E-state index is 0.145. The molecule has 0 spiro atoms. The van der Waals surface area contributed by atoms with Gasteiger partial charge >= 0.3 is 0 Å². The molecule has 4 rings (SSSR count). The van der Waals surface area contributed by atoms with Gasteiger partial charge < -0.3 is 0 Å². The SMILES string of the molecule is Cc1ccc2nc3c(n2c1)C(=O)c1ccccc1C3=O. The number of aromatic nitrogens is 2. The molecule has 0 radical (unpaired) electrons. The maximum atomic E-state index is 12.6. The van der Waals surface area contributed by atoms with E-state index in [0.29, 0.717) is 22.5 Å². The van der Waals surface area contributed by atoms with Crippen LogP contribution in [0.2, 0.25) is 0 Å². The van der Waals surface area contributed by atoms with Gasteiger partial charge in [-0.25, -0.2) is 4.98 Å². The number of imidazole rings is 1. The van der Waals surface area contributed by atoms with E-state index in [0.717, 1.165) is 5.56 Å². The van der Waals surface area contributed by atoms with Gasteiger partial charge in [0.1, 0.15) is 17.0 Å². The van der Waals surface area contributed by atoms with Gasteiger partial charge in [0.05, 0.1) is 0 Å². The van der Waals surface area contributed by atoms with E-state index in [1.165, 1.54) is 0 Å². The Bertz CT molecular complexity index is 906. The number of ketones is 2.